The van der Waals surface area contributed by atoms with Crippen LogP contribution in [0.3, 0.4) is 0 Å². The second-order valence-electron chi connectivity index (χ2n) is 5.28. The lowest BCUT2D eigenvalue weighted by molar-refractivity contribution is -0.148. The number of carbonyl (C=O) groups is 2. The van der Waals surface area contributed by atoms with Gasteiger partial charge in [-0.2, -0.15) is 0 Å². The summed E-state index contributed by atoms with van der Waals surface area (Å²) in [4.78, 5) is 25.4. The van der Waals surface area contributed by atoms with E-state index >= 15 is 0 Å². The Kier molecular flexibility index (Phi) is 4.45. The smallest absolute Gasteiger partial charge is 0.329 e. The molecule has 5 nitrogen and oxygen atoms in total. The average molecular weight is 294 g/mol. The lowest BCUT2D eigenvalue weighted by Crippen LogP contribution is -2.54. The molecule has 2 amide bonds. The molecule has 1 atom stereocenters. The molecule has 0 aliphatic carbocycles. The number of amides is 2. The number of carboxylic acid groups (broad SMARTS) is 1. The standard InChI is InChI=1S/C15H19FN2O3/c1-2-7-15(13(19)20)8-4-9-18(15)14(21)17-12-6-3-5-11(16)10-12/h3,5-6,10H,2,4,7-9H2,1H3,(H,17,21)(H,19,20). The van der Waals surface area contributed by atoms with Crippen LogP contribution in [0.2, 0.25) is 0 Å². The molecule has 0 aromatic heterocycles. The highest BCUT2D eigenvalue weighted by atomic mass is 19.1. The highest BCUT2D eigenvalue weighted by Crippen LogP contribution is 2.34. The summed E-state index contributed by atoms with van der Waals surface area (Å²) in [7, 11) is 0. The highest BCUT2D eigenvalue weighted by molar-refractivity contribution is 5.94. The Morgan fingerprint density at radius 2 is 2.24 bits per heavy atom. The number of hydrogen-bond donors (Lipinski definition) is 2. The Balaban J connectivity index is 2.19. The third-order valence-electron chi connectivity index (χ3n) is 3.87. The zero-order chi connectivity index (χ0) is 15.5. The average Bonchev–Trinajstić information content (AvgIpc) is 2.84. The molecule has 0 radical (unpaired) electrons. The van der Waals surface area contributed by atoms with Gasteiger partial charge in [0, 0.05) is 12.2 Å². The van der Waals surface area contributed by atoms with Crippen molar-refractivity contribution in [2.24, 2.45) is 0 Å². The van der Waals surface area contributed by atoms with E-state index in [2.05, 4.69) is 5.32 Å². The van der Waals surface area contributed by atoms with Crippen molar-refractivity contribution in [3.8, 4) is 0 Å². The van der Waals surface area contributed by atoms with E-state index in [1.165, 1.54) is 23.1 Å². The van der Waals surface area contributed by atoms with Gasteiger partial charge in [0.1, 0.15) is 11.4 Å². The maximum Gasteiger partial charge on any atom is 0.329 e. The fourth-order valence-corrected chi connectivity index (χ4v) is 2.93. The molecule has 2 N–H and O–H groups in total. The molecule has 2 rings (SSSR count). The van der Waals surface area contributed by atoms with Gasteiger partial charge in [-0.25, -0.2) is 14.0 Å². The van der Waals surface area contributed by atoms with Crippen LogP contribution in [0.5, 0.6) is 0 Å². The molecule has 6 heteroatoms. The van der Waals surface area contributed by atoms with E-state index in [1.54, 1.807) is 6.07 Å². The molecule has 1 saturated heterocycles. The van der Waals surface area contributed by atoms with Crippen molar-refractivity contribution >= 4 is 17.7 Å². The van der Waals surface area contributed by atoms with Crippen LogP contribution >= 0.6 is 0 Å². The van der Waals surface area contributed by atoms with Crippen LogP contribution in [0.1, 0.15) is 32.6 Å². The number of anilines is 1. The van der Waals surface area contributed by atoms with Gasteiger partial charge >= 0.3 is 12.0 Å². The quantitative estimate of drug-likeness (QED) is 0.896. The van der Waals surface area contributed by atoms with E-state index in [4.69, 9.17) is 0 Å². The summed E-state index contributed by atoms with van der Waals surface area (Å²) in [5.41, 5.74) is -0.825. The molecule has 114 valence electrons. The van der Waals surface area contributed by atoms with E-state index in [0.717, 1.165) is 0 Å². The van der Waals surface area contributed by atoms with Gasteiger partial charge < -0.3 is 15.3 Å². The SMILES string of the molecule is CCCC1(C(=O)O)CCCN1C(=O)Nc1cccc(F)c1. The molecule has 0 spiro atoms. The molecule has 0 saturated carbocycles. The normalized spacial score (nSPS) is 21.3. The van der Waals surface area contributed by atoms with Crippen LogP contribution in [-0.2, 0) is 4.79 Å². The lowest BCUT2D eigenvalue weighted by atomic mass is 9.91. The first-order valence-corrected chi connectivity index (χ1v) is 7.07. The number of likely N-dealkylation sites (tertiary alicyclic amines) is 1. The fourth-order valence-electron chi connectivity index (χ4n) is 2.93. The van der Waals surface area contributed by atoms with Crippen molar-refractivity contribution < 1.29 is 19.1 Å². The third kappa shape index (κ3) is 2.99. The molecule has 1 unspecified atom stereocenters. The molecule has 1 aliphatic heterocycles. The van der Waals surface area contributed by atoms with E-state index in [9.17, 15) is 19.1 Å². The maximum atomic E-state index is 13.1. The van der Waals surface area contributed by atoms with Crippen molar-refractivity contribution in [3.05, 3.63) is 30.1 Å². The van der Waals surface area contributed by atoms with Crippen LogP contribution in [0.15, 0.2) is 24.3 Å². The Labute approximate surface area is 122 Å². The first-order chi connectivity index (χ1) is 9.99. The topological polar surface area (TPSA) is 69.6 Å². The van der Waals surface area contributed by atoms with Gasteiger partial charge in [-0.1, -0.05) is 19.4 Å². The minimum absolute atomic E-state index is 0.322. The number of carbonyl (C=O) groups excluding carboxylic acids is 1. The van der Waals surface area contributed by atoms with Gasteiger partial charge in [0.25, 0.3) is 0 Å². The first kappa shape index (κ1) is 15.3. The fraction of sp³-hybridized carbons (Fsp3) is 0.467. The molecule has 1 aromatic carbocycles. The number of benzene rings is 1. The second kappa shape index (κ2) is 6.11. The molecular formula is C15H19FN2O3. The van der Waals surface area contributed by atoms with E-state index < -0.39 is 23.4 Å². The lowest BCUT2D eigenvalue weighted by Gasteiger charge is -2.34. The zero-order valence-electron chi connectivity index (χ0n) is 11.9. The van der Waals surface area contributed by atoms with Crippen LogP contribution < -0.4 is 5.32 Å². The van der Waals surface area contributed by atoms with E-state index in [0.29, 0.717) is 37.9 Å². The zero-order valence-corrected chi connectivity index (χ0v) is 11.9. The maximum absolute atomic E-state index is 13.1. The van der Waals surface area contributed by atoms with Crippen molar-refractivity contribution in [3.63, 3.8) is 0 Å². The van der Waals surface area contributed by atoms with Gasteiger partial charge in [0.05, 0.1) is 0 Å². The predicted molar refractivity (Wildman–Crippen MR) is 76.6 cm³/mol. The Bertz CT molecular complexity index is 549. The van der Waals surface area contributed by atoms with Crippen LogP contribution in [0.25, 0.3) is 0 Å². The Hall–Kier alpha value is -2.11. The second-order valence-corrected chi connectivity index (χ2v) is 5.28. The summed E-state index contributed by atoms with van der Waals surface area (Å²) in [6, 6.07) is 5.06. The van der Waals surface area contributed by atoms with Crippen LogP contribution in [-0.4, -0.2) is 34.1 Å². The number of carboxylic acids is 1. The first-order valence-electron chi connectivity index (χ1n) is 7.07. The van der Waals surface area contributed by atoms with Crippen molar-refractivity contribution in [1.29, 1.82) is 0 Å². The minimum Gasteiger partial charge on any atom is -0.479 e. The van der Waals surface area contributed by atoms with Gasteiger partial charge in [-0.3, -0.25) is 0 Å². The van der Waals surface area contributed by atoms with E-state index in [-0.39, 0.29) is 0 Å². The van der Waals surface area contributed by atoms with E-state index in [1.807, 2.05) is 6.92 Å². The number of aliphatic carboxylic acids is 1. The van der Waals surface area contributed by atoms with Crippen molar-refractivity contribution in [2.45, 2.75) is 38.1 Å². The van der Waals surface area contributed by atoms with Gasteiger partial charge in [-0.15, -0.1) is 0 Å². The van der Waals surface area contributed by atoms with Gasteiger partial charge in [0.2, 0.25) is 0 Å². The molecule has 1 aliphatic rings. The highest BCUT2D eigenvalue weighted by Gasteiger charge is 2.49. The number of urea groups is 1. The molecule has 1 fully saturated rings. The Morgan fingerprint density at radius 1 is 1.48 bits per heavy atom. The van der Waals surface area contributed by atoms with Crippen LogP contribution in [0, 0.1) is 5.82 Å². The Morgan fingerprint density at radius 3 is 2.86 bits per heavy atom. The summed E-state index contributed by atoms with van der Waals surface area (Å²) in [6.07, 6.45) is 2.20. The van der Waals surface area contributed by atoms with Gasteiger partial charge in [-0.05, 0) is 37.5 Å². The molecular weight excluding hydrogens is 275 g/mol. The largest absolute Gasteiger partial charge is 0.479 e. The summed E-state index contributed by atoms with van der Waals surface area (Å²) in [6.45, 7) is 2.29. The van der Waals surface area contributed by atoms with Crippen molar-refractivity contribution in [1.82, 2.24) is 4.90 Å². The molecule has 21 heavy (non-hydrogen) atoms. The monoisotopic (exact) mass is 294 g/mol. The minimum atomic E-state index is -1.15. The number of hydrogen-bond acceptors (Lipinski definition) is 2. The van der Waals surface area contributed by atoms with Gasteiger partial charge in [0.15, 0.2) is 0 Å². The molecule has 1 aromatic rings. The number of nitrogens with one attached hydrogen (secondary N) is 1. The van der Waals surface area contributed by atoms with Crippen molar-refractivity contribution in [2.75, 3.05) is 11.9 Å². The molecule has 1 heterocycles. The summed E-state index contributed by atoms with van der Waals surface area (Å²) < 4.78 is 13.1. The summed E-state index contributed by atoms with van der Waals surface area (Å²) in [5, 5.41) is 12.1. The number of rotatable bonds is 4. The van der Waals surface area contributed by atoms with Crippen LogP contribution in [0.4, 0.5) is 14.9 Å². The third-order valence-corrected chi connectivity index (χ3v) is 3.87. The summed E-state index contributed by atoms with van der Waals surface area (Å²) in [5.74, 6) is -1.43. The predicted octanol–water partition coefficient (Wildman–Crippen LogP) is 3.08. The summed E-state index contributed by atoms with van der Waals surface area (Å²) >= 11 is 0. The molecule has 0 bridgehead atoms. The number of halogens is 1. The number of nitrogens with zero attached hydrogens (tertiary/aromatic N) is 1.